The smallest absolute Gasteiger partial charge is 0.108 e. The fourth-order valence-electron chi connectivity index (χ4n) is 1.54. The van der Waals surface area contributed by atoms with Gasteiger partial charge >= 0.3 is 0 Å². The van der Waals surface area contributed by atoms with Gasteiger partial charge in [0.25, 0.3) is 0 Å². The maximum Gasteiger partial charge on any atom is 0.108 e. The van der Waals surface area contributed by atoms with Crippen LogP contribution in [0.5, 0.6) is 0 Å². The van der Waals surface area contributed by atoms with Crippen molar-refractivity contribution in [1.29, 1.82) is 0 Å². The zero-order valence-corrected chi connectivity index (χ0v) is 13.8. The first-order valence-electron chi connectivity index (χ1n) is 5.68. The van der Waals surface area contributed by atoms with Crippen LogP contribution in [0.1, 0.15) is 26.3 Å². The van der Waals surface area contributed by atoms with E-state index in [1.54, 1.807) is 0 Å². The Morgan fingerprint density at radius 3 is 1.82 bits per heavy atom. The first kappa shape index (κ1) is 16.6. The van der Waals surface area contributed by atoms with Gasteiger partial charge in [0.1, 0.15) is 5.71 Å². The van der Waals surface area contributed by atoms with Crippen LogP contribution in [0, 0.1) is 5.41 Å². The van der Waals surface area contributed by atoms with Crippen LogP contribution in [-0.2, 0) is 0 Å². The summed E-state index contributed by atoms with van der Waals surface area (Å²) in [6.45, 7) is 6.61. The monoisotopic (exact) mass is 346 g/mol. The highest BCUT2D eigenvalue weighted by Gasteiger charge is 2.24. The lowest BCUT2D eigenvalue weighted by Gasteiger charge is -2.25. The maximum atomic E-state index is 4.80. The molecule has 0 spiro atoms. The van der Waals surface area contributed by atoms with Gasteiger partial charge in [-0.3, -0.25) is 0 Å². The highest BCUT2D eigenvalue weighted by molar-refractivity contribution is 6.03. The van der Waals surface area contributed by atoms with Gasteiger partial charge < -0.3 is 24.0 Å². The molecule has 1 aromatic rings. The molecule has 0 heterocycles. The molecule has 0 saturated carbocycles. The summed E-state index contributed by atoms with van der Waals surface area (Å²) in [6.07, 6.45) is 0. The summed E-state index contributed by atoms with van der Waals surface area (Å²) in [6, 6.07) is 10.4. The van der Waals surface area contributed by atoms with E-state index in [1.807, 2.05) is 6.07 Å². The molecule has 0 unspecified atom stereocenters. The van der Waals surface area contributed by atoms with Gasteiger partial charge in [0.15, 0.2) is 0 Å². The molecule has 0 bridgehead atoms. The summed E-state index contributed by atoms with van der Waals surface area (Å²) in [5.41, 5.74) is 2.43. The summed E-state index contributed by atoms with van der Waals surface area (Å²) < 4.78 is 0.599. The third-order valence-corrected chi connectivity index (χ3v) is 2.16. The predicted molar refractivity (Wildman–Crippen MR) is 70.5 cm³/mol. The summed E-state index contributed by atoms with van der Waals surface area (Å²) in [5.74, 6) is 0. The average Bonchev–Trinajstić information content (AvgIpc) is 2.13. The van der Waals surface area contributed by atoms with Crippen LogP contribution in [0.2, 0.25) is 0 Å². The molecular formula is C14H23IN2. The molecular weight excluding hydrogens is 323 g/mol. The van der Waals surface area contributed by atoms with Gasteiger partial charge in [-0.15, -0.1) is 0 Å². The van der Waals surface area contributed by atoms with Crippen molar-refractivity contribution in [2.45, 2.75) is 20.8 Å². The van der Waals surface area contributed by atoms with Crippen molar-refractivity contribution in [2.75, 3.05) is 21.1 Å². The molecule has 0 radical (unpaired) electrons. The third-order valence-electron chi connectivity index (χ3n) is 2.16. The van der Waals surface area contributed by atoms with Gasteiger partial charge in [-0.2, -0.15) is 0 Å². The molecule has 0 fully saturated rings. The largest absolute Gasteiger partial charge is 1.00 e. The summed E-state index contributed by atoms with van der Waals surface area (Å²) >= 11 is 0. The zero-order valence-electron chi connectivity index (χ0n) is 11.7. The van der Waals surface area contributed by atoms with E-state index >= 15 is 0 Å². The average molecular weight is 346 g/mol. The number of hydrogen-bond acceptors (Lipinski definition) is 1. The minimum Gasteiger partial charge on any atom is -1.00 e. The topological polar surface area (TPSA) is 12.4 Å². The number of benzene rings is 1. The van der Waals surface area contributed by atoms with Crippen molar-refractivity contribution >= 4 is 5.71 Å². The number of rotatable bonds is 2. The van der Waals surface area contributed by atoms with E-state index in [2.05, 4.69) is 66.2 Å². The van der Waals surface area contributed by atoms with Gasteiger partial charge in [-0.25, -0.2) is 4.59 Å². The molecule has 0 aliphatic carbocycles. The van der Waals surface area contributed by atoms with Crippen LogP contribution >= 0.6 is 0 Å². The van der Waals surface area contributed by atoms with Crippen molar-refractivity contribution in [2.24, 2.45) is 10.5 Å². The van der Waals surface area contributed by atoms with Crippen LogP contribution in [0.4, 0.5) is 0 Å². The second-order valence-corrected chi connectivity index (χ2v) is 6.01. The van der Waals surface area contributed by atoms with Crippen molar-refractivity contribution in [1.82, 2.24) is 0 Å². The van der Waals surface area contributed by atoms with Crippen molar-refractivity contribution < 1.29 is 28.6 Å². The molecule has 17 heavy (non-hydrogen) atoms. The number of nitrogens with zero attached hydrogens (tertiary/aromatic N) is 2. The van der Waals surface area contributed by atoms with Gasteiger partial charge in [-0.1, -0.05) is 56.2 Å². The van der Waals surface area contributed by atoms with Crippen LogP contribution < -0.4 is 24.0 Å². The highest BCUT2D eigenvalue weighted by atomic mass is 127. The third kappa shape index (κ3) is 5.64. The Kier molecular flexibility index (Phi) is 5.81. The second kappa shape index (κ2) is 5.96. The van der Waals surface area contributed by atoms with Gasteiger partial charge in [-0.05, 0) is 0 Å². The SMILES string of the molecule is CC(C)(C)/C(=N\[N+](C)(C)C)c1ccccc1.[I-]. The highest BCUT2D eigenvalue weighted by Crippen LogP contribution is 2.23. The molecule has 0 aliphatic rings. The maximum absolute atomic E-state index is 4.80. The van der Waals surface area contributed by atoms with E-state index in [0.717, 1.165) is 5.71 Å². The number of quaternary nitrogens is 1. The van der Waals surface area contributed by atoms with Crippen LogP contribution in [0.3, 0.4) is 0 Å². The molecule has 3 heteroatoms. The van der Waals surface area contributed by atoms with E-state index in [4.69, 9.17) is 5.10 Å². The van der Waals surface area contributed by atoms with E-state index in [0.29, 0.717) is 4.59 Å². The van der Waals surface area contributed by atoms with E-state index in [1.165, 1.54) is 5.56 Å². The minimum atomic E-state index is 0. The molecule has 0 N–H and O–H groups in total. The first-order valence-corrected chi connectivity index (χ1v) is 5.68. The summed E-state index contributed by atoms with van der Waals surface area (Å²) in [5, 5.41) is 4.80. The lowest BCUT2D eigenvalue weighted by atomic mass is 9.85. The van der Waals surface area contributed by atoms with E-state index in [9.17, 15) is 0 Å². The molecule has 0 atom stereocenters. The van der Waals surface area contributed by atoms with E-state index in [-0.39, 0.29) is 29.4 Å². The molecule has 0 aromatic heterocycles. The van der Waals surface area contributed by atoms with E-state index < -0.39 is 0 Å². The normalized spacial score (nSPS) is 13.2. The Balaban J connectivity index is 0.00000256. The Hall–Kier alpha value is -0.420. The molecule has 1 rings (SSSR count). The predicted octanol–water partition coefficient (Wildman–Crippen LogP) is 0.147. The lowest BCUT2D eigenvalue weighted by molar-refractivity contribution is -0.877. The number of halogens is 1. The number of hydrogen-bond donors (Lipinski definition) is 0. The van der Waals surface area contributed by atoms with Crippen LogP contribution in [0.15, 0.2) is 35.4 Å². The minimum absolute atomic E-state index is 0. The summed E-state index contributed by atoms with van der Waals surface area (Å²) in [7, 11) is 6.23. The molecule has 0 saturated heterocycles. The van der Waals surface area contributed by atoms with Crippen molar-refractivity contribution in [3.63, 3.8) is 0 Å². The first-order chi connectivity index (χ1) is 7.20. The molecule has 96 valence electrons. The standard InChI is InChI=1S/C14H23N2.HI/c1-14(2,3)13(15-16(4,5)6)12-10-8-7-9-11-12;/h7-11H,1-6H3;1H/q+1;/p-1/b15-13-;. The van der Waals surface area contributed by atoms with Gasteiger partial charge in [0, 0.05) is 11.0 Å². The Labute approximate surface area is 122 Å². The lowest BCUT2D eigenvalue weighted by Crippen LogP contribution is -3.00. The Morgan fingerprint density at radius 2 is 1.47 bits per heavy atom. The van der Waals surface area contributed by atoms with Crippen LogP contribution in [-0.4, -0.2) is 31.4 Å². The molecule has 1 aromatic carbocycles. The van der Waals surface area contributed by atoms with Gasteiger partial charge in [0.05, 0.1) is 21.1 Å². The quantitative estimate of drug-likeness (QED) is 0.313. The Morgan fingerprint density at radius 1 is 1.00 bits per heavy atom. The molecule has 0 amide bonds. The Bertz CT molecular complexity index is 369. The fraction of sp³-hybridized carbons (Fsp3) is 0.500. The van der Waals surface area contributed by atoms with Crippen LogP contribution in [0.25, 0.3) is 0 Å². The second-order valence-electron chi connectivity index (χ2n) is 6.01. The fourth-order valence-corrected chi connectivity index (χ4v) is 1.54. The molecule has 2 nitrogen and oxygen atoms in total. The molecule has 0 aliphatic heterocycles. The summed E-state index contributed by atoms with van der Waals surface area (Å²) in [4.78, 5) is 0. The van der Waals surface area contributed by atoms with Crippen molar-refractivity contribution in [3.8, 4) is 0 Å². The zero-order chi connectivity index (χ0) is 12.4. The van der Waals surface area contributed by atoms with Gasteiger partial charge in [0.2, 0.25) is 0 Å². The van der Waals surface area contributed by atoms with Crippen molar-refractivity contribution in [3.05, 3.63) is 35.9 Å².